The van der Waals surface area contributed by atoms with Crippen molar-refractivity contribution in [2.45, 2.75) is 13.1 Å². The van der Waals surface area contributed by atoms with Crippen molar-refractivity contribution in [1.82, 2.24) is 14.5 Å². The zero-order valence-electron chi connectivity index (χ0n) is 7.70. The maximum atomic E-state index is 5.65. The monoisotopic (exact) mass is 189 g/mol. The summed E-state index contributed by atoms with van der Waals surface area (Å²) in [7, 11) is 0. The maximum Gasteiger partial charge on any atom is 0.204 e. The summed E-state index contributed by atoms with van der Waals surface area (Å²) in [5.41, 5.74) is 8.62. The number of hydrogen-bond acceptors (Lipinski definition) is 4. The Kier molecular flexibility index (Phi) is 1.49. The van der Waals surface area contributed by atoms with Crippen LogP contribution in [0.5, 0.6) is 0 Å². The Hall–Kier alpha value is -1.62. The lowest BCUT2D eigenvalue weighted by molar-refractivity contribution is 0.825. The first-order valence-electron chi connectivity index (χ1n) is 4.68. The van der Waals surface area contributed by atoms with E-state index < -0.39 is 0 Å². The molecule has 0 radical (unpaired) electrons. The smallest absolute Gasteiger partial charge is 0.204 e. The Morgan fingerprint density at radius 2 is 2.50 bits per heavy atom. The number of pyridine rings is 1. The topological polar surface area (TPSA) is 68.8 Å². The third-order valence-corrected chi connectivity index (χ3v) is 2.54. The number of nitrogens with one attached hydrogen (secondary N) is 1. The molecule has 2 aromatic heterocycles. The second-order valence-corrected chi connectivity index (χ2v) is 3.34. The van der Waals surface area contributed by atoms with Gasteiger partial charge in [0.25, 0.3) is 0 Å². The van der Waals surface area contributed by atoms with Crippen LogP contribution >= 0.6 is 0 Å². The summed E-state index contributed by atoms with van der Waals surface area (Å²) in [5.74, 6) is 0.933. The van der Waals surface area contributed by atoms with Crippen molar-refractivity contribution < 1.29 is 0 Å². The first kappa shape index (κ1) is 7.75. The number of imidazole rings is 1. The maximum absolute atomic E-state index is 5.65. The van der Waals surface area contributed by atoms with Crippen LogP contribution in [0.4, 0.5) is 5.95 Å². The van der Waals surface area contributed by atoms with E-state index in [-0.39, 0.29) is 0 Å². The number of fused-ring (bicyclic) bond motifs is 3. The van der Waals surface area contributed by atoms with Crippen LogP contribution in [0.2, 0.25) is 0 Å². The minimum atomic E-state index is 0.461. The Morgan fingerprint density at radius 1 is 1.57 bits per heavy atom. The molecule has 0 saturated heterocycles. The molecule has 0 bridgehead atoms. The zero-order valence-corrected chi connectivity index (χ0v) is 7.70. The van der Waals surface area contributed by atoms with Gasteiger partial charge in [0, 0.05) is 25.8 Å². The Balaban J connectivity index is 2.39. The van der Waals surface area contributed by atoms with E-state index in [0.29, 0.717) is 6.54 Å². The molecule has 0 saturated carbocycles. The third kappa shape index (κ3) is 0.871. The molecular formula is C9H11N5. The van der Waals surface area contributed by atoms with E-state index in [0.717, 1.165) is 35.8 Å². The highest BCUT2D eigenvalue weighted by molar-refractivity contribution is 5.81. The van der Waals surface area contributed by atoms with Gasteiger partial charge in [0.15, 0.2) is 0 Å². The van der Waals surface area contributed by atoms with Crippen LogP contribution in [-0.2, 0) is 13.1 Å². The molecule has 0 spiro atoms. The summed E-state index contributed by atoms with van der Waals surface area (Å²) < 4.78 is 2.14. The third-order valence-electron chi connectivity index (χ3n) is 2.54. The standard InChI is InChI=1S/C9H11N5/c10-5-7-8-6(1-2-11-7)13-9-12-3-4-14(8)9/h1-2H,3-5,10H2,(H,12,13). The number of aromatic nitrogens is 3. The molecule has 0 atom stereocenters. The van der Waals surface area contributed by atoms with E-state index in [1.54, 1.807) is 6.20 Å². The van der Waals surface area contributed by atoms with Crippen LogP contribution in [0, 0.1) is 0 Å². The van der Waals surface area contributed by atoms with Crippen LogP contribution in [0.1, 0.15) is 5.69 Å². The Bertz CT molecular complexity index is 487. The molecule has 0 fully saturated rings. The Morgan fingerprint density at radius 3 is 3.36 bits per heavy atom. The molecular weight excluding hydrogens is 178 g/mol. The SMILES string of the molecule is NCc1nccc2nc3n(c12)CCN3. The van der Waals surface area contributed by atoms with Crippen LogP contribution < -0.4 is 11.1 Å². The van der Waals surface area contributed by atoms with Gasteiger partial charge in [-0.3, -0.25) is 4.98 Å². The predicted octanol–water partition coefficient (Wildman–Crippen LogP) is 0.315. The van der Waals surface area contributed by atoms with Gasteiger partial charge in [-0.1, -0.05) is 0 Å². The van der Waals surface area contributed by atoms with Crippen molar-refractivity contribution in [1.29, 1.82) is 0 Å². The molecule has 0 aliphatic carbocycles. The highest BCUT2D eigenvalue weighted by Gasteiger charge is 2.17. The second kappa shape index (κ2) is 2.68. The minimum Gasteiger partial charge on any atom is -0.354 e. The number of hydrogen-bond donors (Lipinski definition) is 2. The first-order valence-corrected chi connectivity index (χ1v) is 4.68. The van der Waals surface area contributed by atoms with Gasteiger partial charge in [0.2, 0.25) is 5.95 Å². The summed E-state index contributed by atoms with van der Waals surface area (Å²) >= 11 is 0. The lowest BCUT2D eigenvalue weighted by Crippen LogP contribution is -2.03. The van der Waals surface area contributed by atoms with Gasteiger partial charge in [-0.05, 0) is 6.07 Å². The van der Waals surface area contributed by atoms with Crippen molar-refractivity contribution in [3.8, 4) is 0 Å². The lowest BCUT2D eigenvalue weighted by Gasteiger charge is -2.01. The van der Waals surface area contributed by atoms with Crippen molar-refractivity contribution in [2.24, 2.45) is 5.73 Å². The zero-order chi connectivity index (χ0) is 9.54. The summed E-state index contributed by atoms with van der Waals surface area (Å²) in [6, 6.07) is 1.92. The van der Waals surface area contributed by atoms with Gasteiger partial charge < -0.3 is 15.6 Å². The fraction of sp³-hybridized carbons (Fsp3) is 0.333. The first-order chi connectivity index (χ1) is 6.90. The molecule has 3 heterocycles. The number of rotatable bonds is 1. The molecule has 72 valence electrons. The molecule has 2 aromatic rings. The van der Waals surface area contributed by atoms with Crippen molar-refractivity contribution in [3.05, 3.63) is 18.0 Å². The molecule has 0 amide bonds. The van der Waals surface area contributed by atoms with Gasteiger partial charge in [-0.25, -0.2) is 4.98 Å². The lowest BCUT2D eigenvalue weighted by atomic mass is 10.3. The van der Waals surface area contributed by atoms with Gasteiger partial charge in [0.05, 0.1) is 16.7 Å². The number of nitrogens with two attached hydrogens (primary N) is 1. The highest BCUT2D eigenvalue weighted by Crippen LogP contribution is 2.24. The molecule has 0 aromatic carbocycles. The molecule has 1 aliphatic heterocycles. The van der Waals surface area contributed by atoms with Crippen LogP contribution in [-0.4, -0.2) is 21.1 Å². The van der Waals surface area contributed by atoms with Gasteiger partial charge in [-0.2, -0.15) is 0 Å². The summed E-state index contributed by atoms with van der Waals surface area (Å²) in [6.45, 7) is 2.35. The van der Waals surface area contributed by atoms with Crippen molar-refractivity contribution in [3.63, 3.8) is 0 Å². The van der Waals surface area contributed by atoms with E-state index in [9.17, 15) is 0 Å². The highest BCUT2D eigenvalue weighted by atomic mass is 15.3. The van der Waals surface area contributed by atoms with Gasteiger partial charge in [0.1, 0.15) is 0 Å². The van der Waals surface area contributed by atoms with E-state index in [1.807, 2.05) is 6.07 Å². The summed E-state index contributed by atoms with van der Waals surface area (Å²) in [6.07, 6.45) is 1.76. The van der Waals surface area contributed by atoms with E-state index >= 15 is 0 Å². The second-order valence-electron chi connectivity index (χ2n) is 3.34. The average molecular weight is 189 g/mol. The van der Waals surface area contributed by atoms with Crippen LogP contribution in [0.3, 0.4) is 0 Å². The molecule has 1 aliphatic rings. The van der Waals surface area contributed by atoms with Crippen LogP contribution in [0.25, 0.3) is 11.0 Å². The largest absolute Gasteiger partial charge is 0.354 e. The minimum absolute atomic E-state index is 0.461. The normalized spacial score (nSPS) is 14.4. The van der Waals surface area contributed by atoms with Crippen molar-refractivity contribution >= 4 is 17.0 Å². The van der Waals surface area contributed by atoms with Crippen molar-refractivity contribution in [2.75, 3.05) is 11.9 Å². The quantitative estimate of drug-likeness (QED) is 0.677. The molecule has 14 heavy (non-hydrogen) atoms. The van der Waals surface area contributed by atoms with Gasteiger partial charge in [-0.15, -0.1) is 0 Å². The van der Waals surface area contributed by atoms with Crippen LogP contribution in [0.15, 0.2) is 12.3 Å². The van der Waals surface area contributed by atoms with E-state index in [4.69, 9.17) is 5.73 Å². The predicted molar refractivity (Wildman–Crippen MR) is 53.9 cm³/mol. The fourth-order valence-corrected chi connectivity index (χ4v) is 1.93. The molecule has 3 rings (SSSR count). The summed E-state index contributed by atoms with van der Waals surface area (Å²) in [5, 5.41) is 3.22. The Labute approximate surface area is 81.0 Å². The molecule has 5 nitrogen and oxygen atoms in total. The van der Waals surface area contributed by atoms with E-state index in [1.165, 1.54) is 0 Å². The van der Waals surface area contributed by atoms with Gasteiger partial charge >= 0.3 is 0 Å². The number of nitrogens with zero attached hydrogens (tertiary/aromatic N) is 3. The molecule has 5 heteroatoms. The fourth-order valence-electron chi connectivity index (χ4n) is 1.93. The summed E-state index contributed by atoms with van der Waals surface area (Å²) in [4.78, 5) is 8.72. The molecule has 0 unspecified atom stereocenters. The molecule has 3 N–H and O–H groups in total. The van der Waals surface area contributed by atoms with E-state index in [2.05, 4.69) is 19.9 Å². The average Bonchev–Trinajstić information content (AvgIpc) is 2.75. The number of anilines is 1.